The van der Waals surface area contributed by atoms with Crippen molar-refractivity contribution in [2.45, 2.75) is 24.8 Å². The van der Waals surface area contributed by atoms with E-state index in [-0.39, 0.29) is 11.3 Å². The third-order valence-electron chi connectivity index (χ3n) is 3.98. The number of hydrogen-bond acceptors (Lipinski definition) is 6. The molecule has 1 aromatic heterocycles. The minimum Gasteiger partial charge on any atom is -0.507 e. The van der Waals surface area contributed by atoms with Gasteiger partial charge in [0.2, 0.25) is 0 Å². The van der Waals surface area contributed by atoms with Crippen molar-refractivity contribution in [3.05, 3.63) is 82.7 Å². The molecule has 148 valence electrons. The summed E-state index contributed by atoms with van der Waals surface area (Å²) in [7, 11) is 0. The van der Waals surface area contributed by atoms with Gasteiger partial charge in [-0.05, 0) is 49.7 Å². The first-order valence-electron chi connectivity index (χ1n) is 8.85. The number of carbonyl (C=O) groups is 2. The first kappa shape index (κ1) is 20.3. The van der Waals surface area contributed by atoms with Crippen molar-refractivity contribution in [1.29, 1.82) is 0 Å². The van der Waals surface area contributed by atoms with Crippen LogP contribution in [-0.2, 0) is 5.75 Å². The molecule has 0 atom stereocenters. The summed E-state index contributed by atoms with van der Waals surface area (Å²) in [6.45, 7) is 3.87. The lowest BCUT2D eigenvalue weighted by molar-refractivity contribution is 0.0845. The highest BCUT2D eigenvalue weighted by molar-refractivity contribution is 7.98. The molecule has 0 aliphatic rings. The first-order valence-corrected chi connectivity index (χ1v) is 9.83. The molecule has 0 bridgehead atoms. The third-order valence-corrected chi connectivity index (χ3v) is 4.90. The van der Waals surface area contributed by atoms with Crippen molar-refractivity contribution < 1.29 is 14.7 Å². The van der Waals surface area contributed by atoms with Crippen LogP contribution in [0.25, 0.3) is 0 Å². The number of aromatic nitrogens is 2. The fourth-order valence-electron chi connectivity index (χ4n) is 2.58. The van der Waals surface area contributed by atoms with Gasteiger partial charge in [-0.2, -0.15) is 0 Å². The van der Waals surface area contributed by atoms with Crippen molar-refractivity contribution in [3.8, 4) is 5.75 Å². The van der Waals surface area contributed by atoms with Gasteiger partial charge in [-0.15, -0.1) is 0 Å². The second-order valence-corrected chi connectivity index (χ2v) is 7.29. The van der Waals surface area contributed by atoms with E-state index in [9.17, 15) is 14.7 Å². The van der Waals surface area contributed by atoms with Crippen LogP contribution in [0.2, 0.25) is 0 Å². The Hall–Kier alpha value is -3.39. The van der Waals surface area contributed by atoms with Crippen molar-refractivity contribution in [3.63, 3.8) is 0 Å². The van der Waals surface area contributed by atoms with E-state index in [4.69, 9.17) is 0 Å². The fourth-order valence-corrected chi connectivity index (χ4v) is 3.48. The van der Waals surface area contributed by atoms with E-state index in [1.165, 1.54) is 23.9 Å². The Kier molecular flexibility index (Phi) is 6.46. The van der Waals surface area contributed by atoms with Crippen molar-refractivity contribution >= 4 is 23.6 Å². The lowest BCUT2D eigenvalue weighted by Gasteiger charge is -2.09. The van der Waals surface area contributed by atoms with Crippen LogP contribution >= 0.6 is 11.8 Å². The summed E-state index contributed by atoms with van der Waals surface area (Å²) >= 11 is 1.53. The van der Waals surface area contributed by atoms with E-state index in [1.54, 1.807) is 24.3 Å². The Balaban J connectivity index is 1.54. The van der Waals surface area contributed by atoms with Gasteiger partial charge in [0.15, 0.2) is 5.16 Å². The normalized spacial score (nSPS) is 10.4. The maximum Gasteiger partial charge on any atom is 0.273 e. The van der Waals surface area contributed by atoms with E-state index in [0.717, 1.165) is 22.1 Å². The largest absolute Gasteiger partial charge is 0.507 e. The maximum atomic E-state index is 12.2. The Labute approximate surface area is 172 Å². The van der Waals surface area contributed by atoms with Gasteiger partial charge < -0.3 is 5.11 Å². The summed E-state index contributed by atoms with van der Waals surface area (Å²) in [5.74, 6) is -0.535. The molecule has 0 saturated carbocycles. The van der Waals surface area contributed by atoms with Gasteiger partial charge in [0.1, 0.15) is 5.75 Å². The zero-order valence-corrected chi connectivity index (χ0v) is 16.8. The Bertz CT molecular complexity index is 1020. The number of thioether (sulfide) groups is 1. The topological polar surface area (TPSA) is 104 Å². The number of hydrazine groups is 1. The molecule has 2 amide bonds. The van der Waals surface area contributed by atoms with Gasteiger partial charge in [-0.1, -0.05) is 36.0 Å². The second kappa shape index (κ2) is 9.20. The van der Waals surface area contributed by atoms with E-state index < -0.39 is 11.8 Å². The number of rotatable bonds is 5. The van der Waals surface area contributed by atoms with Gasteiger partial charge in [0.25, 0.3) is 11.8 Å². The molecule has 3 rings (SSSR count). The van der Waals surface area contributed by atoms with Crippen LogP contribution in [0.1, 0.15) is 37.7 Å². The first-order chi connectivity index (χ1) is 13.9. The lowest BCUT2D eigenvalue weighted by Crippen LogP contribution is -2.41. The van der Waals surface area contributed by atoms with E-state index >= 15 is 0 Å². The number of nitrogens with zero attached hydrogens (tertiary/aromatic N) is 2. The molecule has 0 saturated heterocycles. The molecule has 0 unspecified atom stereocenters. The molecule has 0 radical (unpaired) electrons. The molecule has 2 aromatic carbocycles. The predicted octanol–water partition coefficient (Wildman–Crippen LogP) is 3.17. The number of phenols is 1. The van der Waals surface area contributed by atoms with Crippen molar-refractivity contribution in [2.75, 3.05) is 0 Å². The van der Waals surface area contributed by atoms with Gasteiger partial charge >= 0.3 is 0 Å². The molecule has 0 fully saturated rings. The zero-order valence-electron chi connectivity index (χ0n) is 16.0. The second-order valence-electron chi connectivity index (χ2n) is 6.34. The lowest BCUT2D eigenvalue weighted by atomic mass is 10.1. The number of carbonyl (C=O) groups excluding carboxylic acids is 2. The minimum absolute atomic E-state index is 0.0776. The molecule has 3 aromatic rings. The number of nitrogens with one attached hydrogen (secondary N) is 2. The Morgan fingerprint density at radius 2 is 1.55 bits per heavy atom. The Morgan fingerprint density at radius 3 is 2.21 bits per heavy atom. The number of amides is 2. The van der Waals surface area contributed by atoms with Gasteiger partial charge in [-0.25, -0.2) is 9.97 Å². The number of benzene rings is 2. The molecule has 7 nitrogen and oxygen atoms in total. The standard InChI is InChI=1S/C21H20N4O3S/c1-13-11-14(2)23-21(22-13)29-12-15-7-9-16(10-8-15)19(27)24-25-20(28)17-5-3-4-6-18(17)26/h3-11,26H,12H2,1-2H3,(H,24,27)(H,25,28). The van der Waals surface area contributed by atoms with E-state index in [1.807, 2.05) is 32.0 Å². The van der Waals surface area contributed by atoms with Gasteiger partial charge in [0, 0.05) is 22.7 Å². The summed E-state index contributed by atoms with van der Waals surface area (Å²) in [6.07, 6.45) is 0. The molecule has 8 heteroatoms. The van der Waals surface area contributed by atoms with Crippen LogP contribution in [-0.4, -0.2) is 26.9 Å². The van der Waals surface area contributed by atoms with Gasteiger partial charge in [-0.3, -0.25) is 20.4 Å². The van der Waals surface area contributed by atoms with Crippen molar-refractivity contribution in [1.82, 2.24) is 20.8 Å². The number of para-hydroxylation sites is 1. The Morgan fingerprint density at radius 1 is 0.931 bits per heavy atom. The molecule has 0 aliphatic heterocycles. The molecule has 0 spiro atoms. The van der Waals surface area contributed by atoms with E-state index in [2.05, 4.69) is 20.8 Å². The van der Waals surface area contributed by atoms with Crippen LogP contribution in [0, 0.1) is 13.8 Å². The maximum absolute atomic E-state index is 12.2. The minimum atomic E-state index is -0.599. The highest BCUT2D eigenvalue weighted by Gasteiger charge is 2.12. The number of phenolic OH excluding ortho intramolecular Hbond substituents is 1. The van der Waals surface area contributed by atoms with Crippen molar-refractivity contribution in [2.24, 2.45) is 0 Å². The summed E-state index contributed by atoms with van der Waals surface area (Å²) in [5.41, 5.74) is 7.99. The van der Waals surface area contributed by atoms with Crippen LogP contribution in [0.3, 0.4) is 0 Å². The highest BCUT2D eigenvalue weighted by Crippen LogP contribution is 2.20. The third kappa shape index (κ3) is 5.55. The SMILES string of the molecule is Cc1cc(C)nc(SCc2ccc(C(=O)NNC(=O)c3ccccc3O)cc2)n1. The van der Waals surface area contributed by atoms with E-state index in [0.29, 0.717) is 11.3 Å². The molecular weight excluding hydrogens is 388 g/mol. The molecule has 1 heterocycles. The summed E-state index contributed by atoms with van der Waals surface area (Å²) < 4.78 is 0. The monoisotopic (exact) mass is 408 g/mol. The molecule has 29 heavy (non-hydrogen) atoms. The highest BCUT2D eigenvalue weighted by atomic mass is 32.2. The summed E-state index contributed by atoms with van der Waals surface area (Å²) in [4.78, 5) is 33.0. The van der Waals surface area contributed by atoms with Crippen LogP contribution in [0.15, 0.2) is 59.8 Å². The number of aryl methyl sites for hydroxylation is 2. The molecule has 0 aliphatic carbocycles. The summed E-state index contributed by atoms with van der Waals surface area (Å²) in [5, 5.41) is 10.4. The van der Waals surface area contributed by atoms with Crippen LogP contribution < -0.4 is 10.9 Å². The quantitative estimate of drug-likeness (QED) is 0.340. The van der Waals surface area contributed by atoms with Gasteiger partial charge in [0.05, 0.1) is 5.56 Å². The summed E-state index contributed by atoms with van der Waals surface area (Å²) in [6, 6.07) is 15.1. The predicted molar refractivity (Wildman–Crippen MR) is 111 cm³/mol. The van der Waals surface area contributed by atoms with Crippen LogP contribution in [0.4, 0.5) is 0 Å². The molecule has 3 N–H and O–H groups in total. The fraction of sp³-hybridized carbons (Fsp3) is 0.143. The number of aromatic hydroxyl groups is 1. The van der Waals surface area contributed by atoms with Crippen LogP contribution in [0.5, 0.6) is 5.75 Å². The average molecular weight is 408 g/mol. The zero-order chi connectivity index (χ0) is 20.8. The average Bonchev–Trinajstić information content (AvgIpc) is 2.70. The number of hydrogen-bond donors (Lipinski definition) is 3. The molecular formula is C21H20N4O3S. The smallest absolute Gasteiger partial charge is 0.273 e.